The minimum Gasteiger partial charge on any atom is -0.496 e. The van der Waals surface area contributed by atoms with Gasteiger partial charge in [-0.15, -0.1) is 0 Å². The van der Waals surface area contributed by atoms with E-state index in [1.165, 1.54) is 0 Å². The number of nitrogens with one attached hydrogen (secondary N) is 1. The van der Waals surface area contributed by atoms with Crippen LogP contribution in [0.2, 0.25) is 0 Å². The highest BCUT2D eigenvalue weighted by Crippen LogP contribution is 2.23. The van der Waals surface area contributed by atoms with Crippen LogP contribution in [-0.4, -0.2) is 28.3 Å². The van der Waals surface area contributed by atoms with Crippen molar-refractivity contribution in [3.8, 4) is 5.75 Å². The third-order valence-electron chi connectivity index (χ3n) is 3.34. The third kappa shape index (κ3) is 5.13. The maximum Gasteiger partial charge on any atom is 0.154 e. The van der Waals surface area contributed by atoms with Gasteiger partial charge >= 0.3 is 0 Å². The van der Waals surface area contributed by atoms with E-state index >= 15 is 0 Å². The number of ether oxygens (including phenoxy) is 1. The van der Waals surface area contributed by atoms with Crippen molar-refractivity contribution in [3.05, 3.63) is 29.3 Å². The summed E-state index contributed by atoms with van der Waals surface area (Å²) in [6, 6.07) is 5.68. The van der Waals surface area contributed by atoms with E-state index in [-0.39, 0.29) is 17.4 Å². The second-order valence-corrected chi connectivity index (χ2v) is 7.35. The first-order valence-electron chi connectivity index (χ1n) is 6.92. The van der Waals surface area contributed by atoms with Crippen molar-refractivity contribution < 1.29 is 13.2 Å². The fourth-order valence-electron chi connectivity index (χ4n) is 2.11. The highest BCUT2D eigenvalue weighted by molar-refractivity contribution is 7.90. The van der Waals surface area contributed by atoms with Gasteiger partial charge in [-0.05, 0) is 30.7 Å². The molecule has 1 rings (SSSR count). The Morgan fingerprint density at radius 1 is 1.35 bits per heavy atom. The van der Waals surface area contributed by atoms with Gasteiger partial charge in [-0.2, -0.15) is 0 Å². The summed E-state index contributed by atoms with van der Waals surface area (Å²) in [5.74, 6) is 1.09. The zero-order valence-corrected chi connectivity index (χ0v) is 13.6. The summed E-state index contributed by atoms with van der Waals surface area (Å²) < 4.78 is 29.7. The minimum atomic E-state index is -3.11. The molecule has 0 radical (unpaired) electrons. The second kappa shape index (κ2) is 7.64. The van der Waals surface area contributed by atoms with E-state index in [9.17, 15) is 8.42 Å². The summed E-state index contributed by atoms with van der Waals surface area (Å²) in [6.45, 7) is 4.68. The van der Waals surface area contributed by atoms with Gasteiger partial charge in [0, 0.05) is 12.1 Å². The Morgan fingerprint density at radius 2 is 2.05 bits per heavy atom. The molecule has 0 saturated heterocycles. The first-order chi connectivity index (χ1) is 9.41. The monoisotopic (exact) mass is 299 g/mol. The van der Waals surface area contributed by atoms with E-state index in [0.717, 1.165) is 17.5 Å². The second-order valence-electron chi connectivity index (χ2n) is 5.24. The van der Waals surface area contributed by atoms with Gasteiger partial charge < -0.3 is 10.1 Å². The Hall–Kier alpha value is -1.07. The molecule has 1 unspecified atom stereocenters. The Morgan fingerprint density at radius 3 is 2.60 bits per heavy atom. The summed E-state index contributed by atoms with van der Waals surface area (Å²) in [7, 11) is 0.321. The normalized spacial score (nSPS) is 13.2. The van der Waals surface area contributed by atoms with Crippen LogP contribution in [0, 0.1) is 5.92 Å². The maximum atomic E-state index is 12.2. The van der Waals surface area contributed by atoms with E-state index in [2.05, 4.69) is 5.32 Å². The minimum absolute atomic E-state index is 0.0397. The van der Waals surface area contributed by atoms with Gasteiger partial charge in [-0.25, -0.2) is 8.42 Å². The number of methoxy groups -OCH3 is 1. The molecule has 5 heteroatoms. The van der Waals surface area contributed by atoms with Gasteiger partial charge in [-0.3, -0.25) is 0 Å². The van der Waals surface area contributed by atoms with Gasteiger partial charge in [0.25, 0.3) is 0 Å². The molecule has 1 aromatic rings. The van der Waals surface area contributed by atoms with Crippen LogP contribution in [0.5, 0.6) is 5.75 Å². The zero-order valence-electron chi connectivity index (χ0n) is 12.8. The lowest BCUT2D eigenvalue weighted by Crippen LogP contribution is -2.16. The molecule has 0 bridgehead atoms. The smallest absolute Gasteiger partial charge is 0.154 e. The third-order valence-corrected chi connectivity index (χ3v) is 5.16. The molecule has 0 saturated carbocycles. The lowest BCUT2D eigenvalue weighted by atomic mass is 10.1. The number of sulfone groups is 1. The molecule has 0 heterocycles. The molecule has 1 N–H and O–H groups in total. The quantitative estimate of drug-likeness (QED) is 0.801. The van der Waals surface area contributed by atoms with Crippen LogP contribution < -0.4 is 10.1 Å². The summed E-state index contributed by atoms with van der Waals surface area (Å²) in [5, 5.41) is 3.06. The highest BCUT2D eigenvalue weighted by Gasteiger charge is 2.18. The van der Waals surface area contributed by atoms with Gasteiger partial charge in [0.2, 0.25) is 0 Å². The Balaban J connectivity index is 2.96. The lowest BCUT2D eigenvalue weighted by molar-refractivity contribution is 0.410. The number of hydrogen-bond acceptors (Lipinski definition) is 4. The molecule has 0 aliphatic heterocycles. The first-order valence-corrected chi connectivity index (χ1v) is 8.74. The fraction of sp³-hybridized carbons (Fsp3) is 0.600. The number of benzene rings is 1. The van der Waals surface area contributed by atoms with Crippen molar-refractivity contribution in [1.29, 1.82) is 0 Å². The fourth-order valence-corrected chi connectivity index (χ4v) is 4.03. The van der Waals surface area contributed by atoms with Crippen LogP contribution in [0.1, 0.15) is 31.4 Å². The predicted molar refractivity (Wildman–Crippen MR) is 82.7 cm³/mol. The van der Waals surface area contributed by atoms with E-state index in [1.54, 1.807) is 7.11 Å². The Kier molecular flexibility index (Phi) is 6.49. The summed E-state index contributed by atoms with van der Waals surface area (Å²) in [4.78, 5) is 0. The molecule has 0 spiro atoms. The molecule has 0 amide bonds. The Labute approximate surface area is 122 Å². The summed E-state index contributed by atoms with van der Waals surface area (Å²) in [6.07, 6.45) is 0.871. The molecular weight excluding hydrogens is 274 g/mol. The van der Waals surface area contributed by atoms with E-state index in [1.807, 2.05) is 39.1 Å². The molecule has 1 atom stereocenters. The van der Waals surface area contributed by atoms with E-state index in [0.29, 0.717) is 12.3 Å². The van der Waals surface area contributed by atoms with E-state index in [4.69, 9.17) is 4.74 Å². The largest absolute Gasteiger partial charge is 0.496 e. The van der Waals surface area contributed by atoms with Crippen LogP contribution in [0.4, 0.5) is 0 Å². The topological polar surface area (TPSA) is 55.4 Å². The van der Waals surface area contributed by atoms with Crippen molar-refractivity contribution in [2.24, 2.45) is 5.92 Å². The van der Waals surface area contributed by atoms with Crippen LogP contribution in [0.25, 0.3) is 0 Å². The average molecular weight is 299 g/mol. The zero-order chi connectivity index (χ0) is 15.2. The summed E-state index contributed by atoms with van der Waals surface area (Å²) >= 11 is 0. The number of rotatable bonds is 8. The predicted octanol–water partition coefficient (Wildman–Crippen LogP) is 2.38. The molecule has 4 nitrogen and oxygen atoms in total. The molecule has 1 aromatic carbocycles. The van der Waals surface area contributed by atoms with Crippen LogP contribution >= 0.6 is 0 Å². The average Bonchev–Trinajstić information content (AvgIpc) is 2.38. The van der Waals surface area contributed by atoms with Crippen molar-refractivity contribution in [2.45, 2.75) is 32.6 Å². The van der Waals surface area contributed by atoms with Gasteiger partial charge in [0.15, 0.2) is 9.84 Å². The van der Waals surface area contributed by atoms with Gasteiger partial charge in [0.05, 0.1) is 18.6 Å². The first kappa shape index (κ1) is 17.0. The maximum absolute atomic E-state index is 12.2. The van der Waals surface area contributed by atoms with Crippen LogP contribution in [-0.2, 0) is 22.1 Å². The van der Waals surface area contributed by atoms with Gasteiger partial charge in [-0.1, -0.05) is 26.3 Å². The molecule has 114 valence electrons. The van der Waals surface area contributed by atoms with Crippen molar-refractivity contribution in [1.82, 2.24) is 5.32 Å². The lowest BCUT2D eigenvalue weighted by Gasteiger charge is -2.13. The van der Waals surface area contributed by atoms with Crippen molar-refractivity contribution in [3.63, 3.8) is 0 Å². The van der Waals surface area contributed by atoms with Crippen LogP contribution in [0.15, 0.2) is 18.2 Å². The van der Waals surface area contributed by atoms with Crippen LogP contribution in [0.3, 0.4) is 0 Å². The standard InChI is InChI=1S/C15H25NO3S/c1-5-12(2)10-20(17,18)11-14-8-13(9-16-3)6-7-15(14)19-4/h6-8,12,16H,5,9-11H2,1-4H3. The SMILES string of the molecule is CCC(C)CS(=O)(=O)Cc1cc(CNC)ccc1OC. The molecule has 0 fully saturated rings. The molecule has 0 aromatic heterocycles. The Bertz CT molecular complexity index is 526. The van der Waals surface area contributed by atoms with E-state index < -0.39 is 9.84 Å². The van der Waals surface area contributed by atoms with Gasteiger partial charge in [0.1, 0.15) is 5.75 Å². The molecule has 20 heavy (non-hydrogen) atoms. The molecule has 0 aliphatic rings. The van der Waals surface area contributed by atoms with Crippen molar-refractivity contribution in [2.75, 3.05) is 19.9 Å². The van der Waals surface area contributed by atoms with Crippen molar-refractivity contribution >= 4 is 9.84 Å². The summed E-state index contributed by atoms with van der Waals surface area (Å²) in [5.41, 5.74) is 1.80. The number of hydrogen-bond donors (Lipinski definition) is 1. The molecular formula is C15H25NO3S. The highest BCUT2D eigenvalue weighted by atomic mass is 32.2. The molecule has 0 aliphatic carbocycles.